The zero-order chi connectivity index (χ0) is 18.7. The highest BCUT2D eigenvalue weighted by molar-refractivity contribution is 5.74. The van der Waals surface area contributed by atoms with Crippen LogP contribution in [-0.4, -0.2) is 47.2 Å². The molecule has 1 unspecified atom stereocenters. The average Bonchev–Trinajstić information content (AvgIpc) is 2.94. The van der Waals surface area contributed by atoms with Crippen LogP contribution in [0.25, 0.3) is 0 Å². The number of halogens is 1. The van der Waals surface area contributed by atoms with Crippen molar-refractivity contribution in [1.29, 1.82) is 0 Å². The zero-order valence-corrected chi connectivity index (χ0v) is 15.5. The smallest absolute Gasteiger partial charge is 0.317 e. The molecule has 0 spiro atoms. The first-order valence-corrected chi connectivity index (χ1v) is 8.89. The van der Waals surface area contributed by atoms with E-state index < -0.39 is 0 Å². The van der Waals surface area contributed by atoms with E-state index in [2.05, 4.69) is 15.4 Å². The summed E-state index contributed by atoms with van der Waals surface area (Å²) >= 11 is 0. The molecule has 2 amide bonds. The summed E-state index contributed by atoms with van der Waals surface area (Å²) in [5.41, 5.74) is 2.94. The van der Waals surface area contributed by atoms with Crippen molar-refractivity contribution >= 4 is 6.03 Å². The summed E-state index contributed by atoms with van der Waals surface area (Å²) in [5, 5.41) is 6.98. The van der Waals surface area contributed by atoms with Crippen LogP contribution in [-0.2, 0) is 6.54 Å². The third kappa shape index (κ3) is 4.22. The van der Waals surface area contributed by atoms with Crippen LogP contribution in [0, 0.1) is 19.7 Å². The van der Waals surface area contributed by atoms with Crippen molar-refractivity contribution in [3.8, 4) is 0 Å². The van der Waals surface area contributed by atoms with E-state index in [-0.39, 0.29) is 17.9 Å². The lowest BCUT2D eigenvalue weighted by atomic mass is 10.1. The first kappa shape index (κ1) is 18.4. The molecule has 1 fully saturated rings. The fourth-order valence-electron chi connectivity index (χ4n) is 3.17. The summed E-state index contributed by atoms with van der Waals surface area (Å²) in [5.74, 6) is 0.581. The standard InChI is InChI=1S/C19H25FN4O2/c1-13(16-4-6-17(20)7-5-16)21-19(25)24-10-8-23(9-11-24)12-18-14(2)22-26-15(18)3/h4-7,13H,8-12H2,1-3H3,(H,21,25). The summed E-state index contributed by atoms with van der Waals surface area (Å²) in [6.07, 6.45) is 0. The van der Waals surface area contributed by atoms with Gasteiger partial charge in [-0.25, -0.2) is 9.18 Å². The number of rotatable bonds is 4. The van der Waals surface area contributed by atoms with E-state index in [1.54, 1.807) is 12.1 Å². The van der Waals surface area contributed by atoms with Crippen LogP contribution in [0.2, 0.25) is 0 Å². The predicted octanol–water partition coefficient (Wildman–Crippen LogP) is 3.02. The Morgan fingerprint density at radius 2 is 1.88 bits per heavy atom. The molecule has 1 aliphatic rings. The lowest BCUT2D eigenvalue weighted by Gasteiger charge is -2.35. The summed E-state index contributed by atoms with van der Waals surface area (Å²) in [6, 6.07) is 5.96. The van der Waals surface area contributed by atoms with Crippen LogP contribution in [0.4, 0.5) is 9.18 Å². The van der Waals surface area contributed by atoms with Gasteiger partial charge in [0.25, 0.3) is 0 Å². The molecule has 6 nitrogen and oxygen atoms in total. The fraction of sp³-hybridized carbons (Fsp3) is 0.474. The van der Waals surface area contributed by atoms with Gasteiger partial charge in [0.1, 0.15) is 11.6 Å². The van der Waals surface area contributed by atoms with Crippen molar-refractivity contribution in [2.45, 2.75) is 33.4 Å². The molecule has 1 aliphatic heterocycles. The third-order valence-corrected chi connectivity index (χ3v) is 4.93. The number of nitrogens with one attached hydrogen (secondary N) is 1. The maximum Gasteiger partial charge on any atom is 0.317 e. The van der Waals surface area contributed by atoms with Gasteiger partial charge in [0.15, 0.2) is 0 Å². The topological polar surface area (TPSA) is 61.6 Å². The van der Waals surface area contributed by atoms with Crippen LogP contribution in [0.1, 0.15) is 35.5 Å². The lowest BCUT2D eigenvalue weighted by Crippen LogP contribution is -2.51. The molecule has 1 aromatic heterocycles. The lowest BCUT2D eigenvalue weighted by molar-refractivity contribution is 0.133. The summed E-state index contributed by atoms with van der Waals surface area (Å²) in [7, 11) is 0. The second-order valence-electron chi connectivity index (χ2n) is 6.79. The van der Waals surface area contributed by atoms with Gasteiger partial charge in [-0.2, -0.15) is 0 Å². The first-order valence-electron chi connectivity index (χ1n) is 8.89. The third-order valence-electron chi connectivity index (χ3n) is 4.93. The van der Waals surface area contributed by atoms with Crippen molar-refractivity contribution in [3.63, 3.8) is 0 Å². The molecule has 0 aliphatic carbocycles. The van der Waals surface area contributed by atoms with Crippen LogP contribution in [0.3, 0.4) is 0 Å². The highest BCUT2D eigenvalue weighted by atomic mass is 19.1. The van der Waals surface area contributed by atoms with E-state index in [9.17, 15) is 9.18 Å². The van der Waals surface area contributed by atoms with Crippen molar-refractivity contribution in [1.82, 2.24) is 20.3 Å². The summed E-state index contributed by atoms with van der Waals surface area (Å²) < 4.78 is 18.2. The molecular formula is C19H25FN4O2. The Balaban J connectivity index is 1.49. The number of aromatic nitrogens is 1. The van der Waals surface area contributed by atoms with Gasteiger partial charge < -0.3 is 14.7 Å². The number of benzene rings is 1. The van der Waals surface area contributed by atoms with E-state index in [0.717, 1.165) is 42.2 Å². The Bertz CT molecular complexity index is 732. The number of aryl methyl sites for hydroxylation is 2. The van der Waals surface area contributed by atoms with Crippen LogP contribution < -0.4 is 5.32 Å². The fourth-order valence-corrected chi connectivity index (χ4v) is 3.17. The highest BCUT2D eigenvalue weighted by Gasteiger charge is 2.23. The maximum absolute atomic E-state index is 13.0. The van der Waals surface area contributed by atoms with E-state index in [4.69, 9.17) is 4.52 Å². The molecule has 2 heterocycles. The average molecular weight is 360 g/mol. The molecule has 7 heteroatoms. The zero-order valence-electron chi connectivity index (χ0n) is 15.5. The van der Waals surface area contributed by atoms with E-state index >= 15 is 0 Å². The summed E-state index contributed by atoms with van der Waals surface area (Å²) in [4.78, 5) is 16.6. The van der Waals surface area contributed by atoms with Crippen molar-refractivity contribution in [2.24, 2.45) is 0 Å². The number of amides is 2. The highest BCUT2D eigenvalue weighted by Crippen LogP contribution is 2.17. The molecule has 140 valence electrons. The molecule has 1 aromatic carbocycles. The SMILES string of the molecule is Cc1noc(C)c1CN1CCN(C(=O)NC(C)c2ccc(F)cc2)CC1. The van der Waals surface area contributed by atoms with E-state index in [0.29, 0.717) is 13.1 Å². The Labute approximate surface area is 152 Å². The molecule has 1 saturated heterocycles. The van der Waals surface area contributed by atoms with E-state index in [1.807, 2.05) is 25.7 Å². The van der Waals surface area contributed by atoms with Gasteiger partial charge in [-0.1, -0.05) is 17.3 Å². The number of carbonyl (C=O) groups excluding carboxylic acids is 1. The molecule has 0 radical (unpaired) electrons. The van der Waals surface area contributed by atoms with Gasteiger partial charge in [-0.15, -0.1) is 0 Å². The van der Waals surface area contributed by atoms with Gasteiger partial charge in [0, 0.05) is 38.3 Å². The van der Waals surface area contributed by atoms with Gasteiger partial charge >= 0.3 is 6.03 Å². The molecule has 1 atom stereocenters. The number of hydrogen-bond donors (Lipinski definition) is 1. The minimum atomic E-state index is -0.276. The minimum absolute atomic E-state index is 0.0844. The molecule has 26 heavy (non-hydrogen) atoms. The monoisotopic (exact) mass is 360 g/mol. The van der Waals surface area contributed by atoms with Crippen LogP contribution in [0.5, 0.6) is 0 Å². The van der Waals surface area contributed by atoms with Gasteiger partial charge in [0.2, 0.25) is 0 Å². The molecule has 3 rings (SSSR count). The minimum Gasteiger partial charge on any atom is -0.361 e. The quantitative estimate of drug-likeness (QED) is 0.910. The molecule has 0 saturated carbocycles. The number of nitrogens with zero attached hydrogens (tertiary/aromatic N) is 3. The summed E-state index contributed by atoms with van der Waals surface area (Å²) in [6.45, 7) is 9.53. The Hall–Kier alpha value is -2.41. The normalized spacial score (nSPS) is 16.5. The second kappa shape index (κ2) is 7.86. The molecule has 2 aromatic rings. The Kier molecular flexibility index (Phi) is 5.56. The van der Waals surface area contributed by atoms with Crippen LogP contribution in [0.15, 0.2) is 28.8 Å². The van der Waals surface area contributed by atoms with Gasteiger partial charge in [-0.3, -0.25) is 4.90 Å². The first-order chi connectivity index (χ1) is 12.4. The Morgan fingerprint density at radius 1 is 1.23 bits per heavy atom. The van der Waals surface area contributed by atoms with Gasteiger partial charge in [0.05, 0.1) is 11.7 Å². The second-order valence-corrected chi connectivity index (χ2v) is 6.79. The van der Waals surface area contributed by atoms with Crippen LogP contribution >= 0.6 is 0 Å². The number of piperazine rings is 1. The maximum atomic E-state index is 13.0. The molecule has 1 N–H and O–H groups in total. The van der Waals surface area contributed by atoms with Gasteiger partial charge in [-0.05, 0) is 38.5 Å². The van der Waals surface area contributed by atoms with Crippen molar-refractivity contribution < 1.29 is 13.7 Å². The predicted molar refractivity (Wildman–Crippen MR) is 96.2 cm³/mol. The largest absolute Gasteiger partial charge is 0.361 e. The number of carbonyl (C=O) groups is 1. The number of urea groups is 1. The molecular weight excluding hydrogens is 335 g/mol. The Morgan fingerprint density at radius 3 is 2.46 bits per heavy atom. The number of hydrogen-bond acceptors (Lipinski definition) is 4. The van der Waals surface area contributed by atoms with Crippen molar-refractivity contribution in [3.05, 3.63) is 52.7 Å². The van der Waals surface area contributed by atoms with E-state index in [1.165, 1.54) is 12.1 Å². The van der Waals surface area contributed by atoms with Crippen molar-refractivity contribution in [2.75, 3.05) is 26.2 Å². The molecule has 0 bridgehead atoms.